The Balaban J connectivity index is 2.50. The van der Waals surface area contributed by atoms with Crippen molar-refractivity contribution in [1.82, 2.24) is 9.97 Å². The van der Waals surface area contributed by atoms with Gasteiger partial charge in [-0.3, -0.25) is 0 Å². The molecule has 1 fully saturated rings. The molecule has 0 saturated carbocycles. The van der Waals surface area contributed by atoms with Gasteiger partial charge in [0.2, 0.25) is 0 Å². The highest BCUT2D eigenvalue weighted by Gasteiger charge is 2.33. The summed E-state index contributed by atoms with van der Waals surface area (Å²) < 4.78 is 24.0. The van der Waals surface area contributed by atoms with Crippen LogP contribution in [0.5, 0.6) is 0 Å². The van der Waals surface area contributed by atoms with Crippen molar-refractivity contribution in [3.05, 3.63) is 11.4 Å². The maximum Gasteiger partial charge on any atom is 0.169 e. The first-order valence-electron chi connectivity index (χ1n) is 6.50. The van der Waals surface area contributed by atoms with Crippen LogP contribution in [0.1, 0.15) is 18.3 Å². The minimum atomic E-state index is -3.17. The van der Waals surface area contributed by atoms with Gasteiger partial charge >= 0.3 is 0 Å². The van der Waals surface area contributed by atoms with E-state index in [0.717, 1.165) is 11.3 Å². The summed E-state index contributed by atoms with van der Waals surface area (Å²) in [4.78, 5) is 10.6. The highest BCUT2D eigenvalue weighted by atomic mass is 32.2. The molecule has 20 heavy (non-hydrogen) atoms. The molecule has 2 N–H and O–H groups in total. The van der Waals surface area contributed by atoms with E-state index in [-0.39, 0.29) is 0 Å². The number of hydrogen-bond donors (Lipinski definition) is 1. The monoisotopic (exact) mass is 316 g/mol. The number of anilines is 2. The number of aromatic nitrogens is 2. The summed E-state index contributed by atoms with van der Waals surface area (Å²) in [5.74, 6) is 3.18. The number of nitrogen functional groups attached to an aromatic ring is 1. The first-order chi connectivity index (χ1) is 9.34. The zero-order valence-electron chi connectivity index (χ0n) is 12.0. The molecule has 1 aromatic rings. The van der Waals surface area contributed by atoms with Crippen molar-refractivity contribution in [2.45, 2.75) is 25.6 Å². The molecule has 0 spiro atoms. The molecular weight excluding hydrogens is 296 g/mol. The molecule has 8 heteroatoms. The lowest BCUT2D eigenvalue weighted by molar-refractivity contribution is 0.583. The molecule has 6 nitrogen and oxygen atoms in total. The summed E-state index contributed by atoms with van der Waals surface area (Å²) in [6.45, 7) is 4.45. The van der Waals surface area contributed by atoms with Crippen molar-refractivity contribution in [2.75, 3.05) is 34.9 Å². The van der Waals surface area contributed by atoms with Crippen molar-refractivity contribution in [3.8, 4) is 0 Å². The van der Waals surface area contributed by atoms with Crippen molar-refractivity contribution in [2.24, 2.45) is 0 Å². The van der Waals surface area contributed by atoms with E-state index in [1.54, 1.807) is 11.8 Å². The fourth-order valence-electron chi connectivity index (χ4n) is 2.18. The van der Waals surface area contributed by atoms with E-state index >= 15 is 0 Å². The highest BCUT2D eigenvalue weighted by Crippen LogP contribution is 2.29. The molecule has 0 aliphatic carbocycles. The zero-order valence-corrected chi connectivity index (χ0v) is 13.6. The maximum atomic E-state index is 12.0. The van der Waals surface area contributed by atoms with Crippen LogP contribution in [0.15, 0.2) is 0 Å². The Morgan fingerprint density at radius 2 is 2.15 bits per heavy atom. The fourth-order valence-corrected chi connectivity index (χ4v) is 5.00. The van der Waals surface area contributed by atoms with Gasteiger partial charge in [0.25, 0.3) is 0 Å². The van der Waals surface area contributed by atoms with Crippen LogP contribution in [0, 0.1) is 6.92 Å². The number of hydrogen-bond acceptors (Lipinski definition) is 7. The molecule has 1 atom stereocenters. The predicted octanol–water partition coefficient (Wildman–Crippen LogP) is 0.854. The smallest absolute Gasteiger partial charge is 0.169 e. The number of aryl methyl sites for hydroxylation is 1. The second-order valence-electron chi connectivity index (χ2n) is 4.88. The van der Waals surface area contributed by atoms with Gasteiger partial charge in [-0.2, -0.15) is 11.8 Å². The largest absolute Gasteiger partial charge is 0.383 e. The summed E-state index contributed by atoms with van der Waals surface area (Å²) in [5, 5.41) is -0.543. The SMILES string of the molecule is CCc1nc(N)c(C)c(N2CCSCC2S(C)(=O)=O)n1. The van der Waals surface area contributed by atoms with Gasteiger partial charge in [0.15, 0.2) is 9.84 Å². The van der Waals surface area contributed by atoms with Gasteiger partial charge in [-0.25, -0.2) is 18.4 Å². The molecule has 1 aliphatic rings. The first-order valence-corrected chi connectivity index (χ1v) is 9.61. The lowest BCUT2D eigenvalue weighted by atomic mass is 10.2. The van der Waals surface area contributed by atoms with Crippen molar-refractivity contribution < 1.29 is 8.42 Å². The molecule has 0 bridgehead atoms. The third-order valence-electron chi connectivity index (χ3n) is 3.37. The third-order valence-corrected chi connectivity index (χ3v) is 6.01. The maximum absolute atomic E-state index is 12.0. The van der Waals surface area contributed by atoms with Crippen LogP contribution < -0.4 is 10.6 Å². The van der Waals surface area contributed by atoms with E-state index < -0.39 is 15.2 Å². The van der Waals surface area contributed by atoms with Crippen LogP contribution in [0.4, 0.5) is 11.6 Å². The van der Waals surface area contributed by atoms with Crippen molar-refractivity contribution in [1.29, 1.82) is 0 Å². The summed E-state index contributed by atoms with van der Waals surface area (Å²) >= 11 is 1.65. The van der Waals surface area contributed by atoms with E-state index in [1.807, 2.05) is 18.7 Å². The number of nitrogens with zero attached hydrogens (tertiary/aromatic N) is 3. The number of sulfone groups is 1. The average molecular weight is 316 g/mol. The van der Waals surface area contributed by atoms with Crippen LogP contribution in [0.2, 0.25) is 0 Å². The lowest BCUT2D eigenvalue weighted by Gasteiger charge is -2.36. The molecule has 0 radical (unpaired) electrons. The summed E-state index contributed by atoms with van der Waals surface area (Å²) in [7, 11) is -3.17. The summed E-state index contributed by atoms with van der Waals surface area (Å²) in [6, 6.07) is 0. The summed E-state index contributed by atoms with van der Waals surface area (Å²) in [5.41, 5.74) is 6.68. The minimum Gasteiger partial charge on any atom is -0.383 e. The summed E-state index contributed by atoms with van der Waals surface area (Å²) in [6.07, 6.45) is 1.95. The topological polar surface area (TPSA) is 89.2 Å². The number of thioether (sulfide) groups is 1. The van der Waals surface area contributed by atoms with Crippen molar-refractivity contribution in [3.63, 3.8) is 0 Å². The van der Waals surface area contributed by atoms with E-state index in [2.05, 4.69) is 9.97 Å². The van der Waals surface area contributed by atoms with Gasteiger partial charge < -0.3 is 10.6 Å². The van der Waals surface area contributed by atoms with E-state index in [9.17, 15) is 8.42 Å². The van der Waals surface area contributed by atoms with Gasteiger partial charge in [0, 0.05) is 36.3 Å². The Hall–Kier alpha value is -1.02. The molecule has 2 rings (SSSR count). The molecule has 1 aromatic heterocycles. The normalized spacial score (nSPS) is 20.1. The highest BCUT2D eigenvalue weighted by molar-refractivity contribution is 8.01. The van der Waals surface area contributed by atoms with E-state index in [1.165, 1.54) is 6.26 Å². The average Bonchev–Trinajstić information content (AvgIpc) is 2.40. The zero-order chi connectivity index (χ0) is 14.9. The van der Waals surface area contributed by atoms with Gasteiger partial charge in [0.05, 0.1) is 0 Å². The molecule has 112 valence electrons. The molecule has 0 amide bonds. The van der Waals surface area contributed by atoms with Crippen LogP contribution in [-0.2, 0) is 16.3 Å². The predicted molar refractivity (Wildman–Crippen MR) is 83.9 cm³/mol. The third kappa shape index (κ3) is 3.01. The lowest BCUT2D eigenvalue weighted by Crippen LogP contribution is -2.47. The first kappa shape index (κ1) is 15.4. The second kappa shape index (κ2) is 5.77. The quantitative estimate of drug-likeness (QED) is 0.884. The van der Waals surface area contributed by atoms with E-state index in [4.69, 9.17) is 5.73 Å². The standard InChI is InChI=1S/C12H20N4O2S2/c1-4-9-14-11(13)8(2)12(15-9)16-5-6-19-7-10(16)20(3,17)18/h10H,4-7H2,1-3H3,(H2,13,14,15). The minimum absolute atomic E-state index is 0.428. The van der Waals surface area contributed by atoms with Gasteiger partial charge in [-0.15, -0.1) is 0 Å². The Morgan fingerprint density at radius 3 is 2.75 bits per heavy atom. The molecule has 1 saturated heterocycles. The van der Waals surface area contributed by atoms with Gasteiger partial charge in [-0.1, -0.05) is 6.92 Å². The Bertz CT molecular complexity index is 604. The Labute approximate surface area is 124 Å². The number of rotatable bonds is 3. The van der Waals surface area contributed by atoms with Crippen molar-refractivity contribution >= 4 is 33.2 Å². The van der Waals surface area contributed by atoms with Crippen LogP contribution >= 0.6 is 11.8 Å². The van der Waals surface area contributed by atoms with Crippen LogP contribution in [0.25, 0.3) is 0 Å². The fraction of sp³-hybridized carbons (Fsp3) is 0.667. The Morgan fingerprint density at radius 1 is 1.45 bits per heavy atom. The molecular formula is C12H20N4O2S2. The molecule has 1 unspecified atom stereocenters. The molecule has 1 aliphatic heterocycles. The van der Waals surface area contributed by atoms with Crippen LogP contribution in [0.3, 0.4) is 0 Å². The van der Waals surface area contributed by atoms with Gasteiger partial charge in [0.1, 0.15) is 22.8 Å². The van der Waals surface area contributed by atoms with Crippen LogP contribution in [-0.4, -0.2) is 48.1 Å². The second-order valence-corrected chi connectivity index (χ2v) is 8.23. The molecule has 2 heterocycles. The van der Waals surface area contributed by atoms with E-state index in [0.29, 0.717) is 36.2 Å². The Kier molecular flexibility index (Phi) is 4.43. The number of nitrogens with two attached hydrogens (primary N) is 1. The van der Waals surface area contributed by atoms with Gasteiger partial charge in [-0.05, 0) is 6.92 Å². The molecule has 0 aromatic carbocycles.